The van der Waals surface area contributed by atoms with E-state index in [0.717, 1.165) is 22.4 Å². The van der Waals surface area contributed by atoms with Gasteiger partial charge in [0.05, 0.1) is 5.69 Å². The van der Waals surface area contributed by atoms with Crippen LogP contribution in [0, 0.1) is 6.92 Å². The number of hydrogen-bond donors (Lipinski definition) is 0. The Morgan fingerprint density at radius 3 is 2.58 bits per heavy atom. The van der Waals surface area contributed by atoms with E-state index in [1.54, 1.807) is 6.20 Å². The maximum atomic E-state index is 12.3. The third-order valence-electron chi connectivity index (χ3n) is 4.22. The molecule has 0 aliphatic carbocycles. The van der Waals surface area contributed by atoms with Crippen molar-refractivity contribution in [3.63, 3.8) is 0 Å². The second-order valence-electron chi connectivity index (χ2n) is 6.17. The number of aromatic nitrogens is 2. The number of hydrogen-bond acceptors (Lipinski definition) is 3. The Balaban J connectivity index is 1.64. The van der Waals surface area contributed by atoms with Crippen LogP contribution in [0.4, 0.5) is 0 Å². The SMILES string of the molecule is Cc1ccn2c(=O)cc(COc3ccccc3-c3ccccc3)nc2c1. The molecule has 0 amide bonds. The van der Waals surface area contributed by atoms with E-state index in [9.17, 15) is 4.79 Å². The Kier molecular flexibility index (Phi) is 4.23. The summed E-state index contributed by atoms with van der Waals surface area (Å²) in [5.41, 5.74) is 4.30. The van der Waals surface area contributed by atoms with Crippen LogP contribution in [0.25, 0.3) is 16.8 Å². The molecule has 128 valence electrons. The van der Waals surface area contributed by atoms with Crippen molar-refractivity contribution in [2.75, 3.05) is 0 Å². The van der Waals surface area contributed by atoms with Crippen molar-refractivity contribution in [3.8, 4) is 16.9 Å². The molecule has 0 radical (unpaired) electrons. The largest absolute Gasteiger partial charge is 0.487 e. The topological polar surface area (TPSA) is 43.6 Å². The second-order valence-corrected chi connectivity index (χ2v) is 6.17. The molecular formula is C22H18N2O2. The van der Waals surface area contributed by atoms with Gasteiger partial charge in [-0.15, -0.1) is 0 Å². The summed E-state index contributed by atoms with van der Waals surface area (Å²) in [6.45, 7) is 2.22. The summed E-state index contributed by atoms with van der Waals surface area (Å²) in [6.07, 6.45) is 1.75. The van der Waals surface area contributed by atoms with Crippen LogP contribution in [-0.4, -0.2) is 9.38 Å². The first-order chi connectivity index (χ1) is 12.7. The molecule has 2 aromatic heterocycles. The fourth-order valence-electron chi connectivity index (χ4n) is 2.93. The molecule has 2 heterocycles. The molecular weight excluding hydrogens is 324 g/mol. The molecule has 0 spiro atoms. The van der Waals surface area contributed by atoms with Gasteiger partial charge < -0.3 is 4.74 Å². The lowest BCUT2D eigenvalue weighted by Crippen LogP contribution is -2.16. The Morgan fingerprint density at radius 2 is 1.73 bits per heavy atom. The van der Waals surface area contributed by atoms with Crippen LogP contribution in [0.3, 0.4) is 0 Å². The lowest BCUT2D eigenvalue weighted by Gasteiger charge is -2.12. The number of nitrogens with zero attached hydrogens (tertiary/aromatic N) is 2. The van der Waals surface area contributed by atoms with Crippen molar-refractivity contribution in [1.82, 2.24) is 9.38 Å². The van der Waals surface area contributed by atoms with Crippen molar-refractivity contribution < 1.29 is 4.74 Å². The Hall–Kier alpha value is -3.40. The molecule has 0 N–H and O–H groups in total. The number of aryl methyl sites for hydroxylation is 1. The van der Waals surface area contributed by atoms with Gasteiger partial charge in [0.1, 0.15) is 18.0 Å². The number of fused-ring (bicyclic) bond motifs is 1. The van der Waals surface area contributed by atoms with Crippen molar-refractivity contribution in [2.24, 2.45) is 0 Å². The minimum Gasteiger partial charge on any atom is -0.487 e. The van der Waals surface area contributed by atoms with Gasteiger partial charge in [-0.1, -0.05) is 48.5 Å². The summed E-state index contributed by atoms with van der Waals surface area (Å²) in [5, 5.41) is 0. The van der Waals surface area contributed by atoms with Crippen LogP contribution < -0.4 is 10.3 Å². The van der Waals surface area contributed by atoms with E-state index in [4.69, 9.17) is 4.74 Å². The van der Waals surface area contributed by atoms with Gasteiger partial charge in [0.25, 0.3) is 5.56 Å². The first-order valence-corrected chi connectivity index (χ1v) is 8.47. The van der Waals surface area contributed by atoms with Gasteiger partial charge >= 0.3 is 0 Å². The summed E-state index contributed by atoms with van der Waals surface area (Å²) in [6, 6.07) is 23.3. The fraction of sp³-hybridized carbons (Fsp3) is 0.0909. The van der Waals surface area contributed by atoms with Crippen LogP contribution in [0.5, 0.6) is 5.75 Å². The van der Waals surface area contributed by atoms with Crippen LogP contribution in [0.2, 0.25) is 0 Å². The molecule has 0 unspecified atom stereocenters. The zero-order chi connectivity index (χ0) is 17.9. The molecule has 4 aromatic rings. The van der Waals surface area contributed by atoms with Gasteiger partial charge in [0.15, 0.2) is 0 Å². The highest BCUT2D eigenvalue weighted by Gasteiger charge is 2.08. The van der Waals surface area contributed by atoms with E-state index in [1.807, 2.05) is 73.7 Å². The third kappa shape index (κ3) is 3.22. The van der Waals surface area contributed by atoms with Crippen molar-refractivity contribution >= 4 is 5.65 Å². The van der Waals surface area contributed by atoms with Gasteiger partial charge in [0.2, 0.25) is 0 Å². The van der Waals surface area contributed by atoms with Crippen LogP contribution in [-0.2, 0) is 6.61 Å². The molecule has 0 saturated heterocycles. The van der Waals surface area contributed by atoms with Gasteiger partial charge in [-0.2, -0.15) is 0 Å². The van der Waals surface area contributed by atoms with Gasteiger partial charge in [-0.05, 0) is 36.2 Å². The van der Waals surface area contributed by atoms with Gasteiger partial charge in [-0.3, -0.25) is 9.20 Å². The van der Waals surface area contributed by atoms with E-state index in [-0.39, 0.29) is 12.2 Å². The van der Waals surface area contributed by atoms with Crippen LogP contribution in [0.15, 0.2) is 83.8 Å². The Labute approximate surface area is 151 Å². The molecule has 0 aliphatic rings. The highest BCUT2D eigenvalue weighted by Crippen LogP contribution is 2.29. The first kappa shape index (κ1) is 16.1. The zero-order valence-electron chi connectivity index (χ0n) is 14.4. The van der Waals surface area contributed by atoms with E-state index in [1.165, 1.54) is 10.5 Å². The van der Waals surface area contributed by atoms with E-state index >= 15 is 0 Å². The summed E-state index contributed by atoms with van der Waals surface area (Å²) in [7, 11) is 0. The molecule has 0 saturated carbocycles. The number of ether oxygens (including phenoxy) is 1. The highest BCUT2D eigenvalue weighted by molar-refractivity contribution is 5.70. The molecule has 2 aromatic carbocycles. The molecule has 0 bridgehead atoms. The third-order valence-corrected chi connectivity index (χ3v) is 4.22. The standard InChI is InChI=1S/C22H18N2O2/c1-16-11-12-24-21(13-16)23-18(14-22(24)25)15-26-20-10-6-5-9-19(20)17-7-3-2-4-8-17/h2-14H,15H2,1H3. The van der Waals surface area contributed by atoms with Gasteiger partial charge in [-0.25, -0.2) is 4.98 Å². The molecule has 0 fully saturated rings. The maximum absolute atomic E-state index is 12.3. The van der Waals surface area contributed by atoms with Crippen molar-refractivity contribution in [3.05, 3.63) is 101 Å². The number of para-hydroxylation sites is 1. The highest BCUT2D eigenvalue weighted by atomic mass is 16.5. The predicted octanol–water partition coefficient (Wildman–Crippen LogP) is 4.25. The minimum absolute atomic E-state index is 0.107. The first-order valence-electron chi connectivity index (χ1n) is 8.47. The van der Waals surface area contributed by atoms with Crippen LogP contribution >= 0.6 is 0 Å². The van der Waals surface area contributed by atoms with Crippen molar-refractivity contribution in [2.45, 2.75) is 13.5 Å². The number of pyridine rings is 1. The smallest absolute Gasteiger partial charge is 0.258 e. The fourth-order valence-corrected chi connectivity index (χ4v) is 2.93. The normalized spacial score (nSPS) is 10.8. The summed E-state index contributed by atoms with van der Waals surface area (Å²) < 4.78 is 7.54. The Morgan fingerprint density at radius 1 is 0.962 bits per heavy atom. The quantitative estimate of drug-likeness (QED) is 0.557. The summed E-state index contributed by atoms with van der Waals surface area (Å²) in [5.74, 6) is 0.768. The monoisotopic (exact) mass is 342 g/mol. The predicted molar refractivity (Wildman–Crippen MR) is 102 cm³/mol. The molecule has 4 heteroatoms. The molecule has 0 aliphatic heterocycles. The van der Waals surface area contributed by atoms with E-state index in [2.05, 4.69) is 4.98 Å². The average Bonchev–Trinajstić information content (AvgIpc) is 2.67. The molecule has 26 heavy (non-hydrogen) atoms. The van der Waals surface area contributed by atoms with Crippen molar-refractivity contribution in [1.29, 1.82) is 0 Å². The average molecular weight is 342 g/mol. The van der Waals surface area contributed by atoms with Crippen LogP contribution in [0.1, 0.15) is 11.3 Å². The minimum atomic E-state index is -0.107. The molecule has 4 rings (SSSR count). The maximum Gasteiger partial charge on any atom is 0.258 e. The number of rotatable bonds is 4. The summed E-state index contributed by atoms with van der Waals surface area (Å²) in [4.78, 5) is 16.8. The second kappa shape index (κ2) is 6.84. The van der Waals surface area contributed by atoms with Gasteiger partial charge in [0, 0.05) is 17.8 Å². The zero-order valence-corrected chi connectivity index (χ0v) is 14.4. The molecule has 0 atom stereocenters. The summed E-state index contributed by atoms with van der Waals surface area (Å²) >= 11 is 0. The van der Waals surface area contributed by atoms with E-state index in [0.29, 0.717) is 11.3 Å². The lowest BCUT2D eigenvalue weighted by atomic mass is 10.1. The van der Waals surface area contributed by atoms with E-state index < -0.39 is 0 Å². The number of benzene rings is 2. The molecule has 4 nitrogen and oxygen atoms in total. The lowest BCUT2D eigenvalue weighted by molar-refractivity contribution is 0.302. The Bertz CT molecular complexity index is 1120.